The lowest BCUT2D eigenvalue weighted by atomic mass is 9.86. The number of methoxy groups -OCH3 is 1. The van der Waals surface area contributed by atoms with E-state index in [4.69, 9.17) is 61.6 Å². The first-order chi connectivity index (χ1) is 47.6. The zero-order chi connectivity index (χ0) is 74.2. The van der Waals surface area contributed by atoms with E-state index in [2.05, 4.69) is 37.2 Å². The Hall–Kier alpha value is -5.12. The van der Waals surface area contributed by atoms with Gasteiger partial charge >= 0.3 is 0 Å². The van der Waals surface area contributed by atoms with Gasteiger partial charge in [0.1, 0.15) is 86.2 Å². The summed E-state index contributed by atoms with van der Waals surface area (Å²) in [5, 5.41) is 109. The van der Waals surface area contributed by atoms with E-state index in [1.807, 2.05) is 20.8 Å². The molecule has 0 radical (unpaired) electrons. The molecule has 15 unspecified atom stereocenters. The third-order valence-electron chi connectivity index (χ3n) is 15.6. The van der Waals surface area contributed by atoms with Crippen LogP contribution in [0.2, 0.25) is 0 Å². The van der Waals surface area contributed by atoms with Gasteiger partial charge in [-0.1, -0.05) is 0 Å². The van der Waals surface area contributed by atoms with E-state index in [9.17, 15) is 84.3 Å². The summed E-state index contributed by atoms with van der Waals surface area (Å²) in [7, 11) is 1.22. The van der Waals surface area contributed by atoms with Gasteiger partial charge < -0.3 is 150 Å². The summed E-state index contributed by atoms with van der Waals surface area (Å²) in [6, 6.07) is -3.65. The molecule has 8 amide bonds. The molecule has 0 bridgehead atoms. The van der Waals surface area contributed by atoms with Crippen molar-refractivity contribution in [2.24, 2.45) is 5.92 Å². The number of nitrogens with zero attached hydrogens (tertiary/aromatic N) is 1. The zero-order valence-corrected chi connectivity index (χ0v) is 58.4. The minimum absolute atomic E-state index is 0.00824. The normalized spacial score (nSPS) is 24.7. The van der Waals surface area contributed by atoms with Crippen LogP contribution in [0.5, 0.6) is 0 Å². The second kappa shape index (κ2) is 49.5. The molecule has 1 aliphatic carbocycles. The Kier molecular flexibility index (Phi) is 44.1. The van der Waals surface area contributed by atoms with Gasteiger partial charge in [-0.3, -0.25) is 38.4 Å². The van der Waals surface area contributed by atoms with Crippen LogP contribution in [0, 0.1) is 5.92 Å². The minimum Gasteiger partial charge on any atom is -0.394 e. The van der Waals surface area contributed by atoms with E-state index < -0.39 is 184 Å². The van der Waals surface area contributed by atoms with Crippen molar-refractivity contribution in [2.45, 2.75) is 184 Å². The summed E-state index contributed by atoms with van der Waals surface area (Å²) in [6.07, 6.45) is -15.1. The molecule has 2 saturated heterocycles. The van der Waals surface area contributed by atoms with Crippen molar-refractivity contribution in [3.63, 3.8) is 0 Å². The quantitative estimate of drug-likeness (QED) is 0.0199. The predicted octanol–water partition coefficient (Wildman–Crippen LogP) is -7.97. The van der Waals surface area contributed by atoms with Gasteiger partial charge in [0.25, 0.3) is 0 Å². The fourth-order valence-electron chi connectivity index (χ4n) is 10.6. The van der Waals surface area contributed by atoms with Gasteiger partial charge in [0, 0.05) is 59.9 Å². The van der Waals surface area contributed by atoms with E-state index in [-0.39, 0.29) is 138 Å². The number of nitrogens with one attached hydrogen (secondary N) is 7. The maximum absolute atomic E-state index is 14.7. The maximum atomic E-state index is 14.7. The fraction of sp³-hybridized carbons (Fsp3) is 0.871. The van der Waals surface area contributed by atoms with Crippen LogP contribution < -0.4 is 37.2 Å². The summed E-state index contributed by atoms with van der Waals surface area (Å²) in [5.41, 5.74) is -0.419. The highest BCUT2D eigenvalue weighted by Crippen LogP contribution is 2.30. The number of hydrogen-bond acceptors (Lipinski definition) is 30. The molecule has 38 nitrogen and oxygen atoms in total. The first-order valence-corrected chi connectivity index (χ1v) is 33.6. The molecule has 2 heterocycles. The van der Waals surface area contributed by atoms with Crippen LogP contribution in [-0.4, -0.2) is 360 Å². The number of carbonyl (C=O) groups is 8. The highest BCUT2D eigenvalue weighted by Gasteiger charge is 2.47. The minimum atomic E-state index is -1.67. The van der Waals surface area contributed by atoms with Crippen molar-refractivity contribution in [3.05, 3.63) is 0 Å². The lowest BCUT2D eigenvalue weighted by Crippen LogP contribution is -2.64. The number of rotatable bonds is 51. The molecular formula is C62H112N8O30. The summed E-state index contributed by atoms with van der Waals surface area (Å²) < 4.78 is 72.3. The second-order valence-electron chi connectivity index (χ2n) is 24.8. The highest BCUT2D eigenvalue weighted by molar-refractivity contribution is 5.94. The zero-order valence-electron chi connectivity index (χ0n) is 58.4. The average Bonchev–Trinajstić information content (AvgIpc) is 0.816. The molecule has 1 saturated carbocycles. The third-order valence-corrected chi connectivity index (χ3v) is 15.6. The number of aliphatic hydroxyl groups is 9. The lowest BCUT2D eigenvalue weighted by Gasteiger charge is -2.42. The molecule has 0 aromatic heterocycles. The van der Waals surface area contributed by atoms with E-state index in [1.165, 1.54) is 27.9 Å². The molecule has 15 atom stereocenters. The van der Waals surface area contributed by atoms with Crippen molar-refractivity contribution in [1.82, 2.24) is 42.1 Å². The smallest absolute Gasteiger partial charge is 0.246 e. The summed E-state index contributed by atoms with van der Waals surface area (Å²) in [6.45, 7) is 6.25. The molecule has 0 aromatic rings. The standard InChI is InChI=1S/C62H112N8O30/c1-37(74)66-49-54(83)52(81)44(35-72)98-60(49)96-30-27-93-24-21-89-17-14-63-46(77)13-12-42(69-57(86)40-8-10-41(11-9-40)100-62(4,5)6)59(87)70(32-47(78)64-15-18-90-20-23-92-26-29-95-58(68-39(3)76)56(85)51(80)43(34-71)88-7)33-48(79)65-16-19-91-22-25-94-28-31-97-61-50(67-38(2)75)55(84)53(82)45(36-73)99-61/h40-45,49-56,58,60-61,71-73,80-85H,8-36H2,1-7H3,(H,63,77)(H,64,78)(H,65,79)(H,66,74)(H,67,75)(H,68,76)(H,69,86)/t40-,41+,42?,43?,44?,45?,49?,50?,51?,52?,53?,54?,55?,56?,58?,60?,61?. The van der Waals surface area contributed by atoms with Gasteiger partial charge in [-0.2, -0.15) is 0 Å². The Labute approximate surface area is 582 Å². The first-order valence-electron chi connectivity index (χ1n) is 33.6. The van der Waals surface area contributed by atoms with Crippen LogP contribution >= 0.6 is 0 Å². The Bertz CT molecular complexity index is 2360. The van der Waals surface area contributed by atoms with Gasteiger partial charge in [-0.25, -0.2) is 0 Å². The van der Waals surface area contributed by atoms with Crippen LogP contribution in [0.25, 0.3) is 0 Å². The SMILES string of the molecule is COC(CO)C(O)C(O)C(NC(C)=O)OCCOCCOCCNC(=O)CN(CC(=O)NCCOCCOCCOC1OC(CO)C(O)C(O)C1NC(C)=O)C(=O)C(CCC(=O)NCCOCCOCCOC1OC(CO)C(O)C(O)C1NC(C)=O)NC(=O)[C@H]1CC[C@@H](OC(C)(C)C)CC1. The number of aliphatic hydroxyl groups excluding tert-OH is 9. The molecule has 16 N–H and O–H groups in total. The monoisotopic (exact) mass is 1450 g/mol. The van der Waals surface area contributed by atoms with E-state index >= 15 is 0 Å². The molecule has 2 aliphatic heterocycles. The van der Waals surface area contributed by atoms with E-state index in [1.54, 1.807) is 0 Å². The fourth-order valence-corrected chi connectivity index (χ4v) is 10.6. The van der Waals surface area contributed by atoms with Crippen molar-refractivity contribution in [2.75, 3.05) is 159 Å². The van der Waals surface area contributed by atoms with Gasteiger partial charge in [-0.15, -0.1) is 0 Å². The Morgan fingerprint density at radius 3 is 1.35 bits per heavy atom. The van der Waals surface area contributed by atoms with Crippen LogP contribution in [0.1, 0.15) is 80.1 Å². The number of amides is 8. The van der Waals surface area contributed by atoms with Crippen molar-refractivity contribution in [1.29, 1.82) is 0 Å². The summed E-state index contributed by atoms with van der Waals surface area (Å²) in [4.78, 5) is 105. The Balaban J connectivity index is 1.61. The molecule has 3 rings (SSSR count). The predicted molar refractivity (Wildman–Crippen MR) is 344 cm³/mol. The average molecular weight is 1450 g/mol. The van der Waals surface area contributed by atoms with Crippen LogP contribution in [0.4, 0.5) is 0 Å². The van der Waals surface area contributed by atoms with Crippen LogP contribution in [0.3, 0.4) is 0 Å². The molecule has 0 spiro atoms. The van der Waals surface area contributed by atoms with Crippen LogP contribution in [-0.2, 0) is 99.9 Å². The molecule has 100 heavy (non-hydrogen) atoms. The van der Waals surface area contributed by atoms with E-state index in [0.717, 1.165) is 4.90 Å². The molecule has 0 aromatic carbocycles. The van der Waals surface area contributed by atoms with Crippen molar-refractivity contribution < 1.29 is 146 Å². The molecule has 580 valence electrons. The summed E-state index contributed by atoms with van der Waals surface area (Å²) in [5.74, 6) is -5.36. The Morgan fingerprint density at radius 1 is 0.530 bits per heavy atom. The highest BCUT2D eigenvalue weighted by atomic mass is 16.7. The van der Waals surface area contributed by atoms with Gasteiger partial charge in [0.15, 0.2) is 18.8 Å². The van der Waals surface area contributed by atoms with Crippen LogP contribution in [0.15, 0.2) is 0 Å². The van der Waals surface area contributed by atoms with Crippen molar-refractivity contribution in [3.8, 4) is 0 Å². The maximum Gasteiger partial charge on any atom is 0.246 e. The third kappa shape index (κ3) is 34.9. The van der Waals surface area contributed by atoms with Gasteiger partial charge in [-0.05, 0) is 52.9 Å². The molecule has 3 fully saturated rings. The number of carbonyl (C=O) groups excluding carboxylic acids is 8. The first kappa shape index (κ1) is 89.1. The summed E-state index contributed by atoms with van der Waals surface area (Å²) >= 11 is 0. The molecular weight excluding hydrogens is 1340 g/mol. The number of hydrogen-bond donors (Lipinski definition) is 16. The van der Waals surface area contributed by atoms with Gasteiger partial charge in [0.2, 0.25) is 47.3 Å². The molecule has 38 heteroatoms. The Morgan fingerprint density at radius 2 is 0.950 bits per heavy atom. The van der Waals surface area contributed by atoms with Crippen molar-refractivity contribution >= 4 is 47.3 Å². The van der Waals surface area contributed by atoms with E-state index in [0.29, 0.717) is 25.7 Å². The lowest BCUT2D eigenvalue weighted by molar-refractivity contribution is -0.272. The topological polar surface area (TPSA) is 526 Å². The second-order valence-corrected chi connectivity index (χ2v) is 24.8. The molecule has 3 aliphatic rings. The largest absolute Gasteiger partial charge is 0.394 e. The van der Waals surface area contributed by atoms with Gasteiger partial charge in [0.05, 0.1) is 131 Å². The number of ether oxygens (including phenoxy) is 13.